The number of benzene rings is 2. The normalized spacial score (nSPS) is 21.6. The fourth-order valence-corrected chi connectivity index (χ4v) is 2.71. The molecule has 0 amide bonds. The van der Waals surface area contributed by atoms with Crippen LogP contribution in [0.2, 0.25) is 0 Å². The summed E-state index contributed by atoms with van der Waals surface area (Å²) in [5.41, 5.74) is 4.74. The first-order valence-corrected chi connectivity index (χ1v) is 6.50. The van der Waals surface area contributed by atoms with Crippen LogP contribution in [0.25, 0.3) is 0 Å². The maximum atomic E-state index is 13.8. The summed E-state index contributed by atoms with van der Waals surface area (Å²) in [4.78, 5) is 3.87. The van der Waals surface area contributed by atoms with E-state index in [0.29, 0.717) is 11.1 Å². The number of amidine groups is 1. The van der Waals surface area contributed by atoms with E-state index in [-0.39, 0.29) is 17.8 Å². The molecule has 1 unspecified atom stereocenters. The van der Waals surface area contributed by atoms with Crippen molar-refractivity contribution in [1.82, 2.24) is 0 Å². The summed E-state index contributed by atoms with van der Waals surface area (Å²) in [5.74, 6) is -0.0713. The second kappa shape index (κ2) is 4.62. The van der Waals surface area contributed by atoms with Crippen LogP contribution >= 0.6 is 0 Å². The lowest BCUT2D eigenvalue weighted by Crippen LogP contribution is -2.47. The molecular formula is C16H13F3N2. The Labute approximate surface area is 120 Å². The van der Waals surface area contributed by atoms with Gasteiger partial charge in [-0.25, -0.2) is 4.99 Å². The van der Waals surface area contributed by atoms with E-state index in [1.165, 1.54) is 12.1 Å². The van der Waals surface area contributed by atoms with Gasteiger partial charge in [-0.05, 0) is 11.1 Å². The van der Waals surface area contributed by atoms with E-state index in [9.17, 15) is 13.2 Å². The Kier molecular flexibility index (Phi) is 3.01. The van der Waals surface area contributed by atoms with Gasteiger partial charge in [0.25, 0.3) is 0 Å². The number of nitrogens with zero attached hydrogens (tertiary/aromatic N) is 1. The van der Waals surface area contributed by atoms with Crippen molar-refractivity contribution in [3.8, 4) is 0 Å². The Balaban J connectivity index is 2.24. The average Bonchev–Trinajstić information content (AvgIpc) is 2.47. The molecular weight excluding hydrogens is 277 g/mol. The predicted molar refractivity (Wildman–Crippen MR) is 75.0 cm³/mol. The van der Waals surface area contributed by atoms with Crippen molar-refractivity contribution in [2.24, 2.45) is 10.7 Å². The van der Waals surface area contributed by atoms with Crippen LogP contribution in [-0.4, -0.2) is 12.0 Å². The number of hydrogen-bond donors (Lipinski definition) is 1. The predicted octanol–water partition coefficient (Wildman–Crippen LogP) is 3.41. The van der Waals surface area contributed by atoms with Gasteiger partial charge < -0.3 is 5.73 Å². The summed E-state index contributed by atoms with van der Waals surface area (Å²) in [6.07, 6.45) is -4.76. The highest BCUT2D eigenvalue weighted by atomic mass is 19.4. The molecule has 0 spiro atoms. The molecule has 0 fully saturated rings. The lowest BCUT2D eigenvalue weighted by molar-refractivity contribution is -0.189. The molecule has 1 aliphatic rings. The van der Waals surface area contributed by atoms with Gasteiger partial charge in [-0.3, -0.25) is 0 Å². The SMILES string of the molecule is NC1=NC(c2ccccc2)(C(F)(F)F)Cc2ccccc21. The van der Waals surface area contributed by atoms with Crippen molar-refractivity contribution >= 4 is 5.84 Å². The molecule has 108 valence electrons. The molecule has 2 aromatic rings. The van der Waals surface area contributed by atoms with Crippen LogP contribution in [0.1, 0.15) is 16.7 Å². The molecule has 0 saturated heterocycles. The number of fused-ring (bicyclic) bond motifs is 1. The van der Waals surface area contributed by atoms with Gasteiger partial charge >= 0.3 is 6.18 Å². The molecule has 0 aromatic heterocycles. The third-order valence-electron chi connectivity index (χ3n) is 3.77. The van der Waals surface area contributed by atoms with Gasteiger partial charge in [0.15, 0.2) is 5.54 Å². The quantitative estimate of drug-likeness (QED) is 0.859. The smallest absolute Gasteiger partial charge is 0.383 e. The number of hydrogen-bond acceptors (Lipinski definition) is 2. The van der Waals surface area contributed by atoms with Crippen LogP contribution < -0.4 is 5.73 Å². The van der Waals surface area contributed by atoms with E-state index in [2.05, 4.69) is 4.99 Å². The number of aliphatic imine (C=N–C) groups is 1. The van der Waals surface area contributed by atoms with Gasteiger partial charge in [0, 0.05) is 12.0 Å². The highest BCUT2D eigenvalue weighted by Crippen LogP contribution is 2.47. The first-order chi connectivity index (χ1) is 9.94. The summed E-state index contributed by atoms with van der Waals surface area (Å²) in [7, 11) is 0. The van der Waals surface area contributed by atoms with Crippen LogP contribution in [0.3, 0.4) is 0 Å². The summed E-state index contributed by atoms with van der Waals surface area (Å²) in [5, 5.41) is 0. The van der Waals surface area contributed by atoms with Crippen molar-refractivity contribution < 1.29 is 13.2 Å². The van der Waals surface area contributed by atoms with Crippen LogP contribution in [0, 0.1) is 0 Å². The molecule has 21 heavy (non-hydrogen) atoms. The number of rotatable bonds is 1. The molecule has 1 aliphatic heterocycles. The molecule has 0 radical (unpaired) electrons. The van der Waals surface area contributed by atoms with Gasteiger partial charge in [-0.15, -0.1) is 0 Å². The van der Waals surface area contributed by atoms with Crippen molar-refractivity contribution in [3.63, 3.8) is 0 Å². The van der Waals surface area contributed by atoms with Crippen molar-refractivity contribution in [1.29, 1.82) is 0 Å². The molecule has 1 atom stereocenters. The second-order valence-corrected chi connectivity index (χ2v) is 5.06. The summed E-state index contributed by atoms with van der Waals surface area (Å²) in [6, 6.07) is 14.5. The first-order valence-electron chi connectivity index (χ1n) is 6.50. The highest BCUT2D eigenvalue weighted by Gasteiger charge is 2.57. The van der Waals surface area contributed by atoms with Crippen LogP contribution in [0.4, 0.5) is 13.2 Å². The maximum Gasteiger partial charge on any atom is 0.418 e. The van der Waals surface area contributed by atoms with E-state index < -0.39 is 11.7 Å². The lowest BCUT2D eigenvalue weighted by Gasteiger charge is -2.36. The highest BCUT2D eigenvalue weighted by molar-refractivity contribution is 6.00. The Morgan fingerprint density at radius 1 is 0.952 bits per heavy atom. The molecule has 0 saturated carbocycles. The van der Waals surface area contributed by atoms with E-state index in [1.807, 2.05) is 0 Å². The monoisotopic (exact) mass is 290 g/mol. The summed E-state index contributed by atoms with van der Waals surface area (Å²) >= 11 is 0. The fraction of sp³-hybridized carbons (Fsp3) is 0.188. The van der Waals surface area contributed by atoms with Gasteiger partial charge in [-0.2, -0.15) is 13.2 Å². The van der Waals surface area contributed by atoms with Crippen molar-refractivity contribution in [2.75, 3.05) is 0 Å². The zero-order valence-electron chi connectivity index (χ0n) is 11.1. The van der Waals surface area contributed by atoms with Crippen molar-refractivity contribution in [3.05, 3.63) is 71.3 Å². The Bertz CT molecular complexity index is 692. The minimum Gasteiger partial charge on any atom is -0.383 e. The molecule has 0 bridgehead atoms. The average molecular weight is 290 g/mol. The zero-order valence-corrected chi connectivity index (χ0v) is 11.1. The van der Waals surface area contributed by atoms with Crippen molar-refractivity contribution in [2.45, 2.75) is 18.1 Å². The Morgan fingerprint density at radius 2 is 1.57 bits per heavy atom. The molecule has 2 aromatic carbocycles. The van der Waals surface area contributed by atoms with E-state index in [0.717, 1.165) is 0 Å². The number of nitrogens with two attached hydrogens (primary N) is 1. The molecule has 1 heterocycles. The van der Waals surface area contributed by atoms with Crippen LogP contribution in [0.15, 0.2) is 59.6 Å². The summed E-state index contributed by atoms with van der Waals surface area (Å²) in [6.45, 7) is 0. The standard InChI is InChI=1S/C16H13F3N2/c17-16(18,19)15(12-7-2-1-3-8-12)10-11-6-4-5-9-13(11)14(20)21-15/h1-9H,10H2,(H2,20,21). The van der Waals surface area contributed by atoms with Gasteiger partial charge in [-0.1, -0.05) is 54.6 Å². The molecule has 0 aliphatic carbocycles. The molecule has 3 rings (SSSR count). The first kappa shape index (κ1) is 13.7. The molecule has 5 heteroatoms. The van der Waals surface area contributed by atoms with E-state index in [4.69, 9.17) is 5.73 Å². The lowest BCUT2D eigenvalue weighted by atomic mass is 9.80. The van der Waals surface area contributed by atoms with E-state index >= 15 is 0 Å². The van der Waals surface area contributed by atoms with E-state index in [1.54, 1.807) is 42.5 Å². The minimum absolute atomic E-state index is 0.0713. The fourth-order valence-electron chi connectivity index (χ4n) is 2.71. The molecule has 2 nitrogen and oxygen atoms in total. The van der Waals surface area contributed by atoms with Gasteiger partial charge in [0.2, 0.25) is 0 Å². The van der Waals surface area contributed by atoms with Crippen LogP contribution in [0.5, 0.6) is 0 Å². The number of alkyl halides is 3. The topological polar surface area (TPSA) is 38.4 Å². The molecule has 2 N–H and O–H groups in total. The van der Waals surface area contributed by atoms with Gasteiger partial charge in [0.05, 0.1) is 0 Å². The maximum absolute atomic E-state index is 13.8. The van der Waals surface area contributed by atoms with Gasteiger partial charge in [0.1, 0.15) is 5.84 Å². The zero-order chi connectivity index (χ0) is 15.1. The Morgan fingerprint density at radius 3 is 2.24 bits per heavy atom. The largest absolute Gasteiger partial charge is 0.418 e. The second-order valence-electron chi connectivity index (χ2n) is 5.06. The summed E-state index contributed by atoms with van der Waals surface area (Å²) < 4.78 is 41.4. The minimum atomic E-state index is -4.52. The Hall–Kier alpha value is -2.30. The van der Waals surface area contributed by atoms with Crippen LogP contribution in [-0.2, 0) is 12.0 Å². The number of halogens is 3. The third kappa shape index (κ3) is 2.09. The third-order valence-corrected chi connectivity index (χ3v) is 3.77.